The van der Waals surface area contributed by atoms with E-state index < -0.39 is 16.1 Å². The number of unbranched alkanes of at least 4 members (excludes halogenated alkanes) is 1. The summed E-state index contributed by atoms with van der Waals surface area (Å²) in [4.78, 5) is 12.2. The number of rotatable bonds is 6. The van der Waals surface area contributed by atoms with Crippen molar-refractivity contribution < 1.29 is 17.9 Å². The first-order valence-corrected chi connectivity index (χ1v) is 9.14. The monoisotopic (exact) mass is 326 g/mol. The van der Waals surface area contributed by atoms with Crippen molar-refractivity contribution in [1.29, 1.82) is 0 Å². The molecule has 1 heterocycles. The predicted molar refractivity (Wildman–Crippen MR) is 85.6 cm³/mol. The topological polar surface area (TPSA) is 75.7 Å². The average Bonchev–Trinajstić information content (AvgIpc) is 2.53. The molecule has 2 rings (SSSR count). The van der Waals surface area contributed by atoms with Gasteiger partial charge >= 0.3 is 0 Å². The van der Waals surface area contributed by atoms with Crippen LogP contribution in [0.1, 0.15) is 26.7 Å². The zero-order chi connectivity index (χ0) is 16.2. The standard InChI is InChI=1S/C15H22N2O4S/c1-3-5-10-16-15(18)14-11-17(22(19,20)4-2)12-8-6-7-9-13(12)21-14/h6-9,14H,3-5,10-11H2,1-2H3,(H,16,18)/t14-/m1/s1. The van der Waals surface area contributed by atoms with E-state index in [1.54, 1.807) is 31.2 Å². The van der Waals surface area contributed by atoms with Crippen molar-refractivity contribution in [3.8, 4) is 5.75 Å². The number of carbonyl (C=O) groups excluding carboxylic acids is 1. The Morgan fingerprint density at radius 2 is 2.09 bits per heavy atom. The lowest BCUT2D eigenvalue weighted by Gasteiger charge is -2.34. The van der Waals surface area contributed by atoms with E-state index in [0.717, 1.165) is 12.8 Å². The predicted octanol–water partition coefficient (Wildman–Crippen LogP) is 1.52. The molecule has 0 unspecified atom stereocenters. The summed E-state index contributed by atoms with van der Waals surface area (Å²) in [6, 6.07) is 6.88. The summed E-state index contributed by atoms with van der Waals surface area (Å²) in [6.07, 6.45) is 1.03. The molecule has 7 heteroatoms. The number of hydrogen-bond acceptors (Lipinski definition) is 4. The van der Waals surface area contributed by atoms with E-state index in [1.807, 2.05) is 6.92 Å². The van der Waals surface area contributed by atoms with Crippen molar-refractivity contribution in [2.75, 3.05) is 23.1 Å². The minimum Gasteiger partial charge on any atom is -0.476 e. The lowest BCUT2D eigenvalue weighted by molar-refractivity contribution is -0.127. The molecular weight excluding hydrogens is 304 g/mol. The van der Waals surface area contributed by atoms with Gasteiger partial charge in [-0.05, 0) is 25.5 Å². The zero-order valence-corrected chi connectivity index (χ0v) is 13.7. The summed E-state index contributed by atoms with van der Waals surface area (Å²) < 4.78 is 31.5. The fourth-order valence-corrected chi connectivity index (χ4v) is 3.38. The van der Waals surface area contributed by atoms with E-state index in [1.165, 1.54) is 4.31 Å². The Labute approximate surface area is 131 Å². The summed E-state index contributed by atoms with van der Waals surface area (Å²) >= 11 is 0. The van der Waals surface area contributed by atoms with Crippen LogP contribution < -0.4 is 14.4 Å². The van der Waals surface area contributed by atoms with E-state index >= 15 is 0 Å². The van der Waals surface area contributed by atoms with Crippen LogP contribution in [0.5, 0.6) is 5.75 Å². The lowest BCUT2D eigenvalue weighted by Crippen LogP contribution is -2.51. The second kappa shape index (κ2) is 7.00. The highest BCUT2D eigenvalue weighted by atomic mass is 32.2. The van der Waals surface area contributed by atoms with Gasteiger partial charge in [-0.15, -0.1) is 0 Å². The van der Waals surface area contributed by atoms with Gasteiger partial charge in [0.2, 0.25) is 10.0 Å². The third kappa shape index (κ3) is 3.52. The molecular formula is C15H22N2O4S. The molecule has 0 radical (unpaired) electrons. The minimum atomic E-state index is -3.45. The van der Waals surface area contributed by atoms with Crippen LogP contribution in [-0.4, -0.2) is 39.3 Å². The largest absolute Gasteiger partial charge is 0.476 e. The highest BCUT2D eigenvalue weighted by Gasteiger charge is 2.35. The lowest BCUT2D eigenvalue weighted by atomic mass is 10.2. The van der Waals surface area contributed by atoms with Gasteiger partial charge in [0.05, 0.1) is 18.0 Å². The van der Waals surface area contributed by atoms with Crippen molar-refractivity contribution in [2.24, 2.45) is 0 Å². The summed E-state index contributed by atoms with van der Waals surface area (Å²) in [7, 11) is -3.45. The number of ether oxygens (including phenoxy) is 1. The summed E-state index contributed by atoms with van der Waals surface area (Å²) in [5.74, 6) is 0.117. The number of fused-ring (bicyclic) bond motifs is 1. The van der Waals surface area contributed by atoms with Crippen LogP contribution in [0, 0.1) is 0 Å². The normalized spacial score (nSPS) is 17.5. The Kier molecular flexibility index (Phi) is 5.28. The van der Waals surface area contributed by atoms with E-state index in [0.29, 0.717) is 18.0 Å². The Hall–Kier alpha value is -1.76. The second-order valence-corrected chi connectivity index (χ2v) is 7.33. The first-order valence-electron chi connectivity index (χ1n) is 7.53. The molecule has 0 aromatic heterocycles. The van der Waals surface area contributed by atoms with Crippen LogP contribution in [0.4, 0.5) is 5.69 Å². The third-order valence-corrected chi connectivity index (χ3v) is 5.30. The Morgan fingerprint density at radius 1 is 1.36 bits per heavy atom. The van der Waals surface area contributed by atoms with Crippen LogP contribution >= 0.6 is 0 Å². The number of anilines is 1. The molecule has 0 saturated heterocycles. The molecule has 22 heavy (non-hydrogen) atoms. The Bertz CT molecular complexity index is 630. The van der Waals surface area contributed by atoms with E-state index in [9.17, 15) is 13.2 Å². The average molecular weight is 326 g/mol. The Morgan fingerprint density at radius 3 is 2.77 bits per heavy atom. The molecule has 0 saturated carbocycles. The fraction of sp³-hybridized carbons (Fsp3) is 0.533. The fourth-order valence-electron chi connectivity index (χ4n) is 2.26. The quantitative estimate of drug-likeness (QED) is 0.804. The van der Waals surface area contributed by atoms with Crippen LogP contribution in [0.2, 0.25) is 0 Å². The van der Waals surface area contributed by atoms with Crippen molar-refractivity contribution >= 4 is 21.6 Å². The molecule has 1 N–H and O–H groups in total. The summed E-state index contributed by atoms with van der Waals surface area (Å²) in [5.41, 5.74) is 0.488. The molecule has 0 aliphatic carbocycles. The molecule has 1 aromatic carbocycles. The van der Waals surface area contributed by atoms with Crippen LogP contribution in [0.3, 0.4) is 0 Å². The van der Waals surface area contributed by atoms with Gasteiger partial charge in [-0.2, -0.15) is 0 Å². The minimum absolute atomic E-state index is 0.00510. The number of para-hydroxylation sites is 2. The number of carbonyl (C=O) groups is 1. The smallest absolute Gasteiger partial charge is 0.263 e. The van der Waals surface area contributed by atoms with E-state index in [4.69, 9.17) is 4.74 Å². The molecule has 1 aliphatic rings. The van der Waals surface area contributed by atoms with E-state index in [-0.39, 0.29) is 18.2 Å². The van der Waals surface area contributed by atoms with Gasteiger partial charge in [0.25, 0.3) is 5.91 Å². The molecule has 1 amide bonds. The van der Waals surface area contributed by atoms with Gasteiger partial charge in [0.15, 0.2) is 6.10 Å². The molecule has 1 atom stereocenters. The number of hydrogen-bond donors (Lipinski definition) is 1. The van der Waals surface area contributed by atoms with Crippen molar-refractivity contribution in [2.45, 2.75) is 32.8 Å². The van der Waals surface area contributed by atoms with Gasteiger partial charge in [-0.1, -0.05) is 25.5 Å². The van der Waals surface area contributed by atoms with Gasteiger partial charge < -0.3 is 10.1 Å². The molecule has 122 valence electrons. The highest BCUT2D eigenvalue weighted by molar-refractivity contribution is 7.92. The molecule has 6 nitrogen and oxygen atoms in total. The molecule has 1 aromatic rings. The van der Waals surface area contributed by atoms with Crippen LogP contribution in [0.25, 0.3) is 0 Å². The van der Waals surface area contributed by atoms with Gasteiger partial charge in [0, 0.05) is 6.54 Å². The first-order chi connectivity index (χ1) is 10.5. The van der Waals surface area contributed by atoms with Gasteiger partial charge in [-0.25, -0.2) is 8.42 Å². The molecule has 1 aliphatic heterocycles. The van der Waals surface area contributed by atoms with Crippen LogP contribution in [0.15, 0.2) is 24.3 Å². The molecule has 0 bridgehead atoms. The van der Waals surface area contributed by atoms with Crippen LogP contribution in [-0.2, 0) is 14.8 Å². The maximum Gasteiger partial charge on any atom is 0.263 e. The number of sulfonamides is 1. The van der Waals surface area contributed by atoms with Gasteiger partial charge in [-0.3, -0.25) is 9.10 Å². The maximum absolute atomic E-state index is 12.3. The SMILES string of the molecule is CCCCNC(=O)[C@H]1CN(S(=O)(=O)CC)c2ccccc2O1. The van der Waals surface area contributed by atoms with Gasteiger partial charge in [0.1, 0.15) is 5.75 Å². The van der Waals surface area contributed by atoms with E-state index in [2.05, 4.69) is 5.32 Å². The van der Waals surface area contributed by atoms with Crippen molar-refractivity contribution in [1.82, 2.24) is 5.32 Å². The number of benzene rings is 1. The summed E-state index contributed by atoms with van der Waals surface area (Å²) in [6.45, 7) is 4.20. The highest BCUT2D eigenvalue weighted by Crippen LogP contribution is 2.34. The first kappa shape index (κ1) is 16.6. The summed E-state index contributed by atoms with van der Waals surface area (Å²) in [5, 5.41) is 2.79. The Balaban J connectivity index is 2.23. The number of amides is 1. The molecule has 0 fully saturated rings. The van der Waals surface area contributed by atoms with Crippen molar-refractivity contribution in [3.05, 3.63) is 24.3 Å². The zero-order valence-electron chi connectivity index (χ0n) is 12.9. The third-order valence-electron chi connectivity index (χ3n) is 3.56. The number of nitrogens with one attached hydrogen (secondary N) is 1. The molecule has 0 spiro atoms. The maximum atomic E-state index is 12.3. The second-order valence-electron chi connectivity index (χ2n) is 5.15. The van der Waals surface area contributed by atoms with Crippen molar-refractivity contribution in [3.63, 3.8) is 0 Å². The number of nitrogens with zero attached hydrogens (tertiary/aromatic N) is 1.